The van der Waals surface area contributed by atoms with E-state index in [0.29, 0.717) is 6.54 Å². The summed E-state index contributed by atoms with van der Waals surface area (Å²) in [6.45, 7) is 13.2. The number of hydrogen-bond acceptors (Lipinski definition) is 4. The fourth-order valence-electron chi connectivity index (χ4n) is 3.77. The fraction of sp³-hybridized carbons (Fsp3) is 0.591. The molecule has 6 heteroatoms. The summed E-state index contributed by atoms with van der Waals surface area (Å²) in [7, 11) is 1.81. The number of likely N-dealkylation sites (N-methyl/N-ethyl adjacent to an activating group) is 1. The number of hydrogen-bond donors (Lipinski definition) is 2. The second-order valence-corrected chi connectivity index (χ2v) is 7.48. The first-order chi connectivity index (χ1) is 13.7. The van der Waals surface area contributed by atoms with Crippen LogP contribution in [0.25, 0.3) is 11.0 Å². The lowest BCUT2D eigenvalue weighted by Crippen LogP contribution is -2.46. The van der Waals surface area contributed by atoms with Gasteiger partial charge in [0.05, 0.1) is 6.54 Å². The minimum Gasteiger partial charge on any atom is -0.459 e. The Morgan fingerprint density at radius 2 is 1.82 bits per heavy atom. The van der Waals surface area contributed by atoms with E-state index < -0.39 is 0 Å². The molecule has 0 unspecified atom stereocenters. The maximum Gasteiger partial charge on any atom is 0.191 e. The summed E-state index contributed by atoms with van der Waals surface area (Å²) in [6.07, 6.45) is 2.37. The molecule has 0 aliphatic carbocycles. The van der Waals surface area contributed by atoms with Crippen LogP contribution in [0.4, 0.5) is 0 Å². The van der Waals surface area contributed by atoms with Gasteiger partial charge in [0, 0.05) is 50.7 Å². The molecule has 0 spiro atoms. The lowest BCUT2D eigenvalue weighted by atomic mass is 10.1. The van der Waals surface area contributed by atoms with Crippen molar-refractivity contribution in [3.8, 4) is 0 Å². The summed E-state index contributed by atoms with van der Waals surface area (Å²) in [4.78, 5) is 9.44. The van der Waals surface area contributed by atoms with Crippen LogP contribution < -0.4 is 10.6 Å². The van der Waals surface area contributed by atoms with Gasteiger partial charge in [0.1, 0.15) is 11.3 Å². The van der Waals surface area contributed by atoms with E-state index in [-0.39, 0.29) is 0 Å². The summed E-state index contributed by atoms with van der Waals surface area (Å²) in [5.41, 5.74) is 2.14. The van der Waals surface area contributed by atoms with Gasteiger partial charge in [-0.2, -0.15) is 0 Å². The quantitative estimate of drug-likeness (QED) is 0.416. The van der Waals surface area contributed by atoms with Crippen LogP contribution in [0, 0.1) is 6.92 Å². The topological polar surface area (TPSA) is 56.0 Å². The van der Waals surface area contributed by atoms with Crippen molar-refractivity contribution in [3.63, 3.8) is 0 Å². The molecule has 3 rings (SSSR count). The van der Waals surface area contributed by atoms with Crippen molar-refractivity contribution in [1.82, 2.24) is 20.4 Å². The molecule has 154 valence electrons. The zero-order chi connectivity index (χ0) is 19.8. The maximum atomic E-state index is 5.97. The van der Waals surface area contributed by atoms with E-state index in [1.54, 1.807) is 0 Å². The zero-order valence-electron chi connectivity index (χ0n) is 17.6. The smallest absolute Gasteiger partial charge is 0.191 e. The average molecular weight is 386 g/mol. The Labute approximate surface area is 169 Å². The fourth-order valence-corrected chi connectivity index (χ4v) is 3.77. The van der Waals surface area contributed by atoms with E-state index in [0.717, 1.165) is 30.3 Å². The number of rotatable bonds is 8. The van der Waals surface area contributed by atoms with Crippen LogP contribution in [0.3, 0.4) is 0 Å². The van der Waals surface area contributed by atoms with Crippen molar-refractivity contribution in [2.75, 3.05) is 52.9 Å². The minimum absolute atomic E-state index is 0.641. The number of fused-ring (bicyclic) bond motifs is 1. The highest BCUT2D eigenvalue weighted by atomic mass is 16.3. The van der Waals surface area contributed by atoms with Crippen molar-refractivity contribution in [2.45, 2.75) is 33.2 Å². The maximum absolute atomic E-state index is 5.97. The number of nitrogens with one attached hydrogen (secondary N) is 2. The van der Waals surface area contributed by atoms with E-state index in [4.69, 9.17) is 4.42 Å². The van der Waals surface area contributed by atoms with E-state index in [1.165, 1.54) is 56.6 Å². The minimum atomic E-state index is 0.641. The number of unbranched alkanes of at least 4 members (excludes halogenated alkanes) is 1. The van der Waals surface area contributed by atoms with Crippen molar-refractivity contribution < 1.29 is 4.42 Å². The molecule has 2 N–H and O–H groups in total. The third-order valence-corrected chi connectivity index (χ3v) is 5.69. The molecule has 1 fully saturated rings. The van der Waals surface area contributed by atoms with Gasteiger partial charge < -0.3 is 24.9 Å². The van der Waals surface area contributed by atoms with Gasteiger partial charge in [0.15, 0.2) is 5.96 Å². The summed E-state index contributed by atoms with van der Waals surface area (Å²) < 4.78 is 5.97. The first-order valence-electron chi connectivity index (χ1n) is 10.6. The molecule has 0 saturated carbocycles. The van der Waals surface area contributed by atoms with E-state index >= 15 is 0 Å². The lowest BCUT2D eigenvalue weighted by molar-refractivity contribution is 0.136. The second-order valence-electron chi connectivity index (χ2n) is 7.48. The van der Waals surface area contributed by atoms with Gasteiger partial charge in [-0.1, -0.05) is 25.1 Å². The molecule has 1 aromatic heterocycles. The van der Waals surface area contributed by atoms with Gasteiger partial charge in [-0.3, -0.25) is 4.99 Å². The summed E-state index contributed by atoms with van der Waals surface area (Å²) in [5.74, 6) is 1.80. The van der Waals surface area contributed by atoms with Crippen molar-refractivity contribution >= 4 is 16.9 Å². The Morgan fingerprint density at radius 1 is 1.07 bits per heavy atom. The molecule has 1 aromatic carbocycles. The number of piperazine rings is 1. The van der Waals surface area contributed by atoms with Crippen molar-refractivity contribution in [3.05, 3.63) is 35.6 Å². The summed E-state index contributed by atoms with van der Waals surface area (Å²) >= 11 is 0. The Bertz CT molecular complexity index is 761. The van der Waals surface area contributed by atoms with E-state index in [1.807, 2.05) is 25.2 Å². The molecule has 2 heterocycles. The van der Waals surface area contributed by atoms with Crippen LogP contribution >= 0.6 is 0 Å². The lowest BCUT2D eigenvalue weighted by Gasteiger charge is -2.34. The molecular formula is C22H35N5O. The third-order valence-electron chi connectivity index (χ3n) is 5.69. The van der Waals surface area contributed by atoms with Crippen molar-refractivity contribution in [1.29, 1.82) is 0 Å². The van der Waals surface area contributed by atoms with Gasteiger partial charge in [0.25, 0.3) is 0 Å². The van der Waals surface area contributed by atoms with Gasteiger partial charge in [-0.15, -0.1) is 0 Å². The number of guanidine groups is 1. The molecule has 0 bridgehead atoms. The molecule has 0 radical (unpaired) electrons. The Morgan fingerprint density at radius 3 is 2.54 bits per heavy atom. The van der Waals surface area contributed by atoms with Gasteiger partial charge >= 0.3 is 0 Å². The third kappa shape index (κ3) is 5.49. The molecule has 1 aliphatic rings. The Kier molecular flexibility index (Phi) is 7.74. The van der Waals surface area contributed by atoms with Crippen LogP contribution in [0.2, 0.25) is 0 Å². The van der Waals surface area contributed by atoms with E-state index in [9.17, 15) is 0 Å². The standard InChI is InChI=1S/C22H35N5O/c1-4-26-13-15-27(16-14-26)12-8-7-11-24-22(23-3)25-17-21-18(2)19-9-5-6-10-20(19)28-21/h5-6,9-10H,4,7-8,11-17H2,1-3H3,(H2,23,24,25). The van der Waals surface area contributed by atoms with Crippen LogP contribution in [-0.2, 0) is 6.54 Å². The van der Waals surface area contributed by atoms with Crippen LogP contribution in [0.1, 0.15) is 31.1 Å². The van der Waals surface area contributed by atoms with Gasteiger partial charge in [-0.25, -0.2) is 0 Å². The largest absolute Gasteiger partial charge is 0.459 e. The molecule has 0 atom stereocenters. The number of nitrogens with zero attached hydrogens (tertiary/aromatic N) is 3. The summed E-state index contributed by atoms with van der Waals surface area (Å²) in [6, 6.07) is 8.17. The molecule has 1 aliphatic heterocycles. The SMILES string of the molecule is CCN1CCN(CCCCNC(=NC)NCc2oc3ccccc3c2C)CC1. The van der Waals surface area contributed by atoms with Crippen LogP contribution in [0.15, 0.2) is 33.7 Å². The van der Waals surface area contributed by atoms with Crippen LogP contribution in [-0.4, -0.2) is 68.6 Å². The number of benzene rings is 1. The summed E-state index contributed by atoms with van der Waals surface area (Å²) in [5, 5.41) is 7.97. The van der Waals surface area contributed by atoms with Crippen molar-refractivity contribution in [2.24, 2.45) is 4.99 Å². The predicted octanol–water partition coefficient (Wildman–Crippen LogP) is 2.82. The molecule has 6 nitrogen and oxygen atoms in total. The Hall–Kier alpha value is -2.05. The highest BCUT2D eigenvalue weighted by Crippen LogP contribution is 2.24. The number of para-hydroxylation sites is 1. The number of aryl methyl sites for hydroxylation is 1. The molecule has 2 aromatic rings. The molecule has 0 amide bonds. The number of furan rings is 1. The Balaban J connectivity index is 1.34. The number of aliphatic imine (C=N–C) groups is 1. The first kappa shape index (κ1) is 20.7. The molecule has 28 heavy (non-hydrogen) atoms. The predicted molar refractivity (Wildman–Crippen MR) is 117 cm³/mol. The normalized spacial score (nSPS) is 16.6. The highest BCUT2D eigenvalue weighted by Gasteiger charge is 2.14. The first-order valence-corrected chi connectivity index (χ1v) is 10.6. The van der Waals surface area contributed by atoms with Gasteiger partial charge in [-0.05, 0) is 38.9 Å². The van der Waals surface area contributed by atoms with E-state index in [2.05, 4.69) is 45.3 Å². The van der Waals surface area contributed by atoms with Crippen LogP contribution in [0.5, 0.6) is 0 Å². The monoisotopic (exact) mass is 385 g/mol. The second kappa shape index (κ2) is 10.5. The zero-order valence-corrected chi connectivity index (χ0v) is 17.6. The van der Waals surface area contributed by atoms with Gasteiger partial charge in [0.2, 0.25) is 0 Å². The molecule has 1 saturated heterocycles. The molecular weight excluding hydrogens is 350 g/mol. The average Bonchev–Trinajstić information content (AvgIpc) is 3.06. The highest BCUT2D eigenvalue weighted by molar-refractivity contribution is 5.82.